The van der Waals surface area contributed by atoms with Gasteiger partial charge in [-0.3, -0.25) is 9.11 Å². The molecule has 0 radical (unpaired) electrons. The molecule has 1 aliphatic carbocycles. The molecule has 2 fully saturated rings. The molecule has 2 aromatic carbocycles. The molecular formula is C26H25ClN6O2S. The molecule has 184 valence electrons. The van der Waals surface area contributed by atoms with Crippen LogP contribution in [-0.2, 0) is 0 Å². The van der Waals surface area contributed by atoms with E-state index >= 15 is 0 Å². The molecule has 36 heavy (non-hydrogen) atoms. The quantitative estimate of drug-likeness (QED) is 0.393. The van der Waals surface area contributed by atoms with Crippen LogP contribution in [0.25, 0.3) is 6.08 Å². The summed E-state index contributed by atoms with van der Waals surface area (Å²) >= 11 is 6.51. The minimum Gasteiger partial charge on any atom is -0.368 e. The summed E-state index contributed by atoms with van der Waals surface area (Å²) in [4.78, 5) is 11.1. The summed E-state index contributed by atoms with van der Waals surface area (Å²) in [6.45, 7) is 2.45. The number of nitrogen functional groups attached to an aromatic ring is 1. The smallest absolute Gasteiger partial charge is 0.222 e. The zero-order valence-corrected chi connectivity index (χ0v) is 21.2. The van der Waals surface area contributed by atoms with Crippen LogP contribution in [0.3, 0.4) is 0 Å². The van der Waals surface area contributed by atoms with Crippen LogP contribution in [0.4, 0.5) is 17.5 Å². The number of nitrogens with zero attached hydrogens (tertiary/aromatic N) is 5. The van der Waals surface area contributed by atoms with E-state index in [9.17, 15) is 14.4 Å². The monoisotopic (exact) mass is 520 g/mol. The minimum atomic E-state index is -3.52. The van der Waals surface area contributed by atoms with E-state index in [0.29, 0.717) is 44.8 Å². The molecule has 3 heterocycles. The highest BCUT2D eigenvalue weighted by Gasteiger charge is 2.55. The van der Waals surface area contributed by atoms with Crippen molar-refractivity contribution in [2.24, 2.45) is 5.41 Å². The van der Waals surface area contributed by atoms with Crippen LogP contribution in [0.15, 0.2) is 59.1 Å². The summed E-state index contributed by atoms with van der Waals surface area (Å²) in [5.74, 6) is 0.592. The molecule has 1 spiro atoms. The van der Waals surface area contributed by atoms with E-state index in [1.807, 2.05) is 42.5 Å². The van der Waals surface area contributed by atoms with Crippen molar-refractivity contribution in [3.05, 3.63) is 76.1 Å². The number of nitriles is 1. The van der Waals surface area contributed by atoms with E-state index in [1.165, 1.54) is 0 Å². The normalized spacial score (nSPS) is 22.1. The van der Waals surface area contributed by atoms with E-state index in [1.54, 1.807) is 23.4 Å². The summed E-state index contributed by atoms with van der Waals surface area (Å²) < 4.78 is 25.1. The zero-order valence-electron chi connectivity index (χ0n) is 19.6. The third-order valence-corrected chi connectivity index (χ3v) is 9.69. The van der Waals surface area contributed by atoms with Crippen LogP contribution in [0.5, 0.6) is 0 Å². The van der Waals surface area contributed by atoms with Crippen LogP contribution in [-0.4, -0.2) is 31.7 Å². The lowest BCUT2D eigenvalue weighted by Gasteiger charge is -2.50. The zero-order chi connectivity index (χ0) is 25.2. The number of rotatable bonds is 3. The predicted molar refractivity (Wildman–Crippen MR) is 143 cm³/mol. The molecule has 1 saturated carbocycles. The number of aromatic nitrogens is 2. The summed E-state index contributed by atoms with van der Waals surface area (Å²) in [6.07, 6.45) is 4.91. The van der Waals surface area contributed by atoms with Crippen molar-refractivity contribution in [3.63, 3.8) is 0 Å². The van der Waals surface area contributed by atoms with Crippen LogP contribution in [0, 0.1) is 23.7 Å². The Labute approximate surface area is 216 Å². The van der Waals surface area contributed by atoms with Crippen molar-refractivity contribution in [2.45, 2.75) is 37.1 Å². The number of fused-ring (bicyclic) bond motifs is 1. The molecule has 10 heteroatoms. The van der Waals surface area contributed by atoms with Crippen molar-refractivity contribution in [3.8, 4) is 6.07 Å². The fourth-order valence-corrected chi connectivity index (χ4v) is 7.81. The van der Waals surface area contributed by atoms with Crippen LogP contribution < -0.4 is 14.9 Å². The van der Waals surface area contributed by atoms with Gasteiger partial charge in [-0.15, -0.1) is 0 Å². The molecule has 2 aliphatic heterocycles. The van der Waals surface area contributed by atoms with Gasteiger partial charge < -0.3 is 10.6 Å². The highest BCUT2D eigenvalue weighted by molar-refractivity contribution is 8.25. The Morgan fingerprint density at radius 3 is 2.58 bits per heavy atom. The Bertz CT molecular complexity index is 1450. The highest BCUT2D eigenvalue weighted by atomic mass is 35.5. The molecule has 0 amide bonds. The molecule has 4 N–H and O–H groups in total. The van der Waals surface area contributed by atoms with Gasteiger partial charge in [-0.2, -0.15) is 10.2 Å². The van der Waals surface area contributed by atoms with Gasteiger partial charge in [0.2, 0.25) is 5.95 Å². The van der Waals surface area contributed by atoms with E-state index in [2.05, 4.69) is 20.9 Å². The average molecular weight is 521 g/mol. The third-order valence-electron chi connectivity index (χ3n) is 7.33. The number of anilines is 3. The molecule has 1 aromatic heterocycles. The Balaban J connectivity index is 1.58. The van der Waals surface area contributed by atoms with Gasteiger partial charge in [-0.05, 0) is 55.9 Å². The van der Waals surface area contributed by atoms with Gasteiger partial charge in [-0.1, -0.05) is 52.7 Å². The van der Waals surface area contributed by atoms with Crippen molar-refractivity contribution in [1.82, 2.24) is 9.97 Å². The first-order valence-corrected chi connectivity index (χ1v) is 13.6. The summed E-state index contributed by atoms with van der Waals surface area (Å²) in [5, 5.41) is 10.3. The second-order valence-corrected chi connectivity index (χ2v) is 11.9. The van der Waals surface area contributed by atoms with Gasteiger partial charge in [0.15, 0.2) is 5.82 Å². The Morgan fingerprint density at radius 2 is 1.89 bits per heavy atom. The molecule has 0 bridgehead atoms. The number of nitrogens with two attached hydrogens (primary N) is 1. The van der Waals surface area contributed by atoms with Gasteiger partial charge in [0, 0.05) is 12.1 Å². The van der Waals surface area contributed by atoms with Crippen molar-refractivity contribution in [1.29, 1.82) is 5.26 Å². The number of benzene rings is 2. The topological polar surface area (TPSA) is 123 Å². The number of halogens is 1. The van der Waals surface area contributed by atoms with Crippen LogP contribution >= 0.6 is 22.4 Å². The largest absolute Gasteiger partial charge is 0.368 e. The van der Waals surface area contributed by atoms with E-state index in [-0.39, 0.29) is 17.4 Å². The lowest BCUT2D eigenvalue weighted by atomic mass is 9.99. The molecule has 6 rings (SSSR count). The van der Waals surface area contributed by atoms with Gasteiger partial charge in [0.1, 0.15) is 16.5 Å². The predicted octanol–water partition coefficient (Wildman–Crippen LogP) is 5.84. The summed E-state index contributed by atoms with van der Waals surface area (Å²) in [6, 6.07) is 16.6. The van der Waals surface area contributed by atoms with Crippen molar-refractivity contribution < 1.29 is 9.11 Å². The Hall–Kier alpha value is -3.29. The van der Waals surface area contributed by atoms with E-state index in [4.69, 9.17) is 17.3 Å². The molecule has 1 atom stereocenters. The Kier molecular flexibility index (Phi) is 5.21. The number of para-hydroxylation sites is 1. The third kappa shape index (κ3) is 3.52. The lowest BCUT2D eigenvalue weighted by molar-refractivity contribution is 0.480. The second kappa shape index (κ2) is 8.11. The summed E-state index contributed by atoms with van der Waals surface area (Å²) in [5.41, 5.74) is 9.05. The van der Waals surface area contributed by atoms with Crippen LogP contribution in [0.1, 0.15) is 36.1 Å². The molecule has 8 nitrogen and oxygen atoms in total. The number of hydrogen-bond donors (Lipinski definition) is 3. The molecule has 3 aliphatic rings. The van der Waals surface area contributed by atoms with Crippen molar-refractivity contribution in [2.75, 3.05) is 21.5 Å². The standard InChI is InChI=1S/C26H25ClN6O2S/c1-16-19(14-28)24(31-25(29)30-16)32-15-26(10-11-26)13-22(32)21-12-17-6-5-9-20(27)23(17)36(34,35)33(21)18-7-3-2-4-8-18/h2-9,12,22,34-35H,10-11,13,15H2,1H3,(H2,29,30,31)/t22-/m0/s1. The van der Waals surface area contributed by atoms with Gasteiger partial charge in [0.25, 0.3) is 0 Å². The van der Waals surface area contributed by atoms with Crippen LogP contribution in [0.2, 0.25) is 5.02 Å². The summed E-state index contributed by atoms with van der Waals surface area (Å²) in [7, 11) is -3.52. The molecular weight excluding hydrogens is 496 g/mol. The van der Waals surface area contributed by atoms with Crippen molar-refractivity contribution >= 4 is 45.9 Å². The average Bonchev–Trinajstić information content (AvgIpc) is 3.48. The SMILES string of the molecule is Cc1nc(N)nc(N2CC3(CC3)C[C@H]2C2=Cc3cccc(Cl)c3S(O)(O)N2c2ccccc2)c1C#N. The minimum absolute atomic E-state index is 0.0890. The first-order valence-electron chi connectivity index (χ1n) is 11.7. The first kappa shape index (κ1) is 23.1. The maximum atomic E-state index is 11.8. The maximum Gasteiger partial charge on any atom is 0.222 e. The highest BCUT2D eigenvalue weighted by Crippen LogP contribution is 2.64. The van der Waals surface area contributed by atoms with Gasteiger partial charge in [0.05, 0.1) is 28.1 Å². The fraction of sp³-hybridized carbons (Fsp3) is 0.269. The second-order valence-electron chi connectivity index (χ2n) is 9.70. The maximum absolute atomic E-state index is 11.8. The number of hydrogen-bond acceptors (Lipinski definition) is 8. The van der Waals surface area contributed by atoms with E-state index < -0.39 is 10.8 Å². The van der Waals surface area contributed by atoms with Gasteiger partial charge >= 0.3 is 0 Å². The molecule has 0 unspecified atom stereocenters. The van der Waals surface area contributed by atoms with E-state index in [0.717, 1.165) is 25.0 Å². The number of aryl methyl sites for hydroxylation is 1. The molecule has 3 aromatic rings. The Morgan fingerprint density at radius 1 is 1.14 bits per heavy atom. The fourth-order valence-electron chi connectivity index (χ4n) is 5.48. The molecule has 1 saturated heterocycles. The van der Waals surface area contributed by atoms with Gasteiger partial charge in [-0.25, -0.2) is 9.29 Å². The first-order chi connectivity index (χ1) is 17.2. The lowest BCUT2D eigenvalue weighted by Crippen LogP contribution is -2.42.